The lowest BCUT2D eigenvalue weighted by Gasteiger charge is -2.69. The van der Waals surface area contributed by atoms with Gasteiger partial charge >= 0.3 is 11.9 Å². The summed E-state index contributed by atoms with van der Waals surface area (Å²) in [4.78, 5) is 22.5. The van der Waals surface area contributed by atoms with Gasteiger partial charge in [-0.05, 0) is 54.8 Å². The van der Waals surface area contributed by atoms with Gasteiger partial charge in [0.1, 0.15) is 0 Å². The Kier molecular flexibility index (Phi) is 2.60. The largest absolute Gasteiger partial charge is 0.481 e. The van der Waals surface area contributed by atoms with E-state index in [2.05, 4.69) is 6.92 Å². The molecule has 0 saturated heterocycles. The molecule has 4 saturated carbocycles. The maximum absolute atomic E-state index is 11.3. The Morgan fingerprint density at radius 2 is 1.35 bits per heavy atom. The molecule has 20 heavy (non-hydrogen) atoms. The van der Waals surface area contributed by atoms with Crippen molar-refractivity contribution in [1.82, 2.24) is 0 Å². The standard InChI is InChI=1S/C15H23NO4/c1-12-4-13(2-10(17)18)7-14(5-12,3-11(19)20)9-15(16,6-12)8-13/h2-9,16H2,1H3,(H,17,18)(H,19,20). The normalized spacial score (nSPS) is 49.3. The lowest BCUT2D eigenvalue weighted by Crippen LogP contribution is -2.67. The van der Waals surface area contributed by atoms with E-state index in [0.29, 0.717) is 6.42 Å². The van der Waals surface area contributed by atoms with Crippen molar-refractivity contribution in [3.05, 3.63) is 0 Å². The van der Waals surface area contributed by atoms with Crippen molar-refractivity contribution >= 4 is 11.9 Å². The number of nitrogens with two attached hydrogens (primary N) is 1. The van der Waals surface area contributed by atoms with Crippen LogP contribution >= 0.6 is 0 Å². The second-order valence-electron chi connectivity index (χ2n) is 8.37. The Labute approximate surface area is 118 Å². The quantitative estimate of drug-likeness (QED) is 0.731. The van der Waals surface area contributed by atoms with Crippen molar-refractivity contribution in [3.8, 4) is 0 Å². The van der Waals surface area contributed by atoms with Crippen LogP contribution in [0.5, 0.6) is 0 Å². The summed E-state index contributed by atoms with van der Waals surface area (Å²) in [5.41, 5.74) is 5.60. The molecule has 4 aliphatic rings. The summed E-state index contributed by atoms with van der Waals surface area (Å²) in [5.74, 6) is -1.57. The summed E-state index contributed by atoms with van der Waals surface area (Å²) in [6, 6.07) is 0. The predicted octanol–water partition coefficient (Wildman–Crippen LogP) is 1.99. The molecular formula is C15H23NO4. The predicted molar refractivity (Wildman–Crippen MR) is 72.1 cm³/mol. The Hall–Kier alpha value is -1.10. The summed E-state index contributed by atoms with van der Waals surface area (Å²) >= 11 is 0. The van der Waals surface area contributed by atoms with Gasteiger partial charge in [-0.25, -0.2) is 0 Å². The molecule has 4 aliphatic carbocycles. The van der Waals surface area contributed by atoms with E-state index in [4.69, 9.17) is 5.73 Å². The van der Waals surface area contributed by atoms with E-state index in [1.54, 1.807) is 0 Å². The summed E-state index contributed by atoms with van der Waals surface area (Å²) in [6.45, 7) is 2.17. The molecular weight excluding hydrogens is 258 g/mol. The van der Waals surface area contributed by atoms with Crippen molar-refractivity contribution in [2.45, 2.75) is 63.8 Å². The van der Waals surface area contributed by atoms with Gasteiger partial charge in [0, 0.05) is 5.54 Å². The van der Waals surface area contributed by atoms with E-state index in [1.165, 1.54) is 0 Å². The van der Waals surface area contributed by atoms with Gasteiger partial charge < -0.3 is 15.9 Å². The van der Waals surface area contributed by atoms with Crippen molar-refractivity contribution in [1.29, 1.82) is 0 Å². The monoisotopic (exact) mass is 281 g/mol. The molecule has 2 atom stereocenters. The Bertz CT molecular complexity index is 430. The van der Waals surface area contributed by atoms with Gasteiger partial charge in [-0.1, -0.05) is 6.92 Å². The van der Waals surface area contributed by atoms with E-state index in [0.717, 1.165) is 32.1 Å². The minimum Gasteiger partial charge on any atom is -0.481 e. The van der Waals surface area contributed by atoms with Gasteiger partial charge in [0.15, 0.2) is 0 Å². The van der Waals surface area contributed by atoms with Crippen LogP contribution in [-0.4, -0.2) is 27.7 Å². The van der Waals surface area contributed by atoms with Gasteiger partial charge in [-0.15, -0.1) is 0 Å². The van der Waals surface area contributed by atoms with E-state index in [-0.39, 0.29) is 34.6 Å². The number of carbonyl (C=O) groups is 2. The van der Waals surface area contributed by atoms with Gasteiger partial charge in [0.25, 0.3) is 0 Å². The molecule has 0 amide bonds. The van der Waals surface area contributed by atoms with Gasteiger partial charge in [-0.3, -0.25) is 9.59 Å². The van der Waals surface area contributed by atoms with E-state index < -0.39 is 11.9 Å². The number of aliphatic carboxylic acids is 2. The Morgan fingerprint density at radius 3 is 1.70 bits per heavy atom. The third-order valence-corrected chi connectivity index (χ3v) is 5.64. The summed E-state index contributed by atoms with van der Waals surface area (Å²) in [7, 11) is 0. The fourth-order valence-electron chi connectivity index (χ4n) is 6.72. The van der Waals surface area contributed by atoms with Crippen LogP contribution in [0.2, 0.25) is 0 Å². The van der Waals surface area contributed by atoms with E-state index >= 15 is 0 Å². The third kappa shape index (κ3) is 2.12. The first-order valence-corrected chi connectivity index (χ1v) is 7.30. The molecule has 0 spiro atoms. The van der Waals surface area contributed by atoms with E-state index in [9.17, 15) is 19.8 Å². The number of rotatable bonds is 4. The molecule has 4 fully saturated rings. The van der Waals surface area contributed by atoms with Crippen molar-refractivity contribution < 1.29 is 19.8 Å². The molecule has 0 radical (unpaired) electrons. The molecule has 0 heterocycles. The molecule has 4 rings (SSSR count). The van der Waals surface area contributed by atoms with E-state index in [1.807, 2.05) is 0 Å². The molecule has 0 aromatic rings. The fraction of sp³-hybridized carbons (Fsp3) is 0.867. The molecule has 0 aromatic heterocycles. The van der Waals surface area contributed by atoms with Crippen LogP contribution in [0.1, 0.15) is 58.3 Å². The first kappa shape index (κ1) is 13.9. The minimum atomic E-state index is -0.787. The molecule has 4 N–H and O–H groups in total. The van der Waals surface area contributed by atoms with Gasteiger partial charge in [0.2, 0.25) is 0 Å². The average molecular weight is 281 g/mol. The second kappa shape index (κ2) is 3.75. The molecule has 2 unspecified atom stereocenters. The highest BCUT2D eigenvalue weighted by molar-refractivity contribution is 5.69. The first-order valence-electron chi connectivity index (χ1n) is 7.30. The van der Waals surface area contributed by atoms with Crippen molar-refractivity contribution in [2.75, 3.05) is 0 Å². The van der Waals surface area contributed by atoms with Crippen LogP contribution in [0.3, 0.4) is 0 Å². The Balaban J connectivity index is 2.00. The van der Waals surface area contributed by atoms with Gasteiger partial charge in [-0.2, -0.15) is 0 Å². The summed E-state index contributed by atoms with van der Waals surface area (Å²) in [6.07, 6.45) is 5.12. The zero-order valence-corrected chi connectivity index (χ0v) is 11.9. The number of carboxylic acid groups (broad SMARTS) is 2. The minimum absolute atomic E-state index is 0.00833. The number of hydrogen-bond donors (Lipinski definition) is 3. The highest BCUT2D eigenvalue weighted by Crippen LogP contribution is 2.71. The van der Waals surface area contributed by atoms with Crippen LogP contribution in [0.15, 0.2) is 0 Å². The second-order valence-corrected chi connectivity index (χ2v) is 8.37. The Morgan fingerprint density at radius 1 is 0.900 bits per heavy atom. The molecule has 112 valence electrons. The topological polar surface area (TPSA) is 101 Å². The first-order chi connectivity index (χ1) is 9.08. The molecule has 5 nitrogen and oxygen atoms in total. The zero-order valence-electron chi connectivity index (χ0n) is 11.9. The van der Waals surface area contributed by atoms with Crippen molar-refractivity contribution in [3.63, 3.8) is 0 Å². The lowest BCUT2D eigenvalue weighted by atomic mass is 9.37. The zero-order chi connectivity index (χ0) is 14.8. The third-order valence-electron chi connectivity index (χ3n) is 5.64. The van der Waals surface area contributed by atoms with Crippen molar-refractivity contribution in [2.24, 2.45) is 22.0 Å². The van der Waals surface area contributed by atoms with Crippen LogP contribution in [0, 0.1) is 16.2 Å². The molecule has 0 aliphatic heterocycles. The number of carboxylic acids is 2. The SMILES string of the molecule is CC12CC3(N)CC(CC(=O)O)(C1)CC(CC(=O)O)(C2)C3. The fourth-order valence-corrected chi connectivity index (χ4v) is 6.72. The van der Waals surface area contributed by atoms with Crippen LogP contribution in [-0.2, 0) is 9.59 Å². The maximum atomic E-state index is 11.3. The van der Waals surface area contributed by atoms with Crippen LogP contribution < -0.4 is 5.73 Å². The smallest absolute Gasteiger partial charge is 0.303 e. The highest BCUT2D eigenvalue weighted by atomic mass is 16.4. The molecule has 0 aromatic carbocycles. The number of hydrogen-bond acceptors (Lipinski definition) is 3. The van der Waals surface area contributed by atoms with Gasteiger partial charge in [0.05, 0.1) is 12.8 Å². The average Bonchev–Trinajstić information content (AvgIpc) is 2.03. The maximum Gasteiger partial charge on any atom is 0.303 e. The molecule has 5 heteroatoms. The van der Waals surface area contributed by atoms with Crippen LogP contribution in [0.4, 0.5) is 0 Å². The highest BCUT2D eigenvalue weighted by Gasteiger charge is 2.66. The summed E-state index contributed by atoms with van der Waals surface area (Å²) < 4.78 is 0. The molecule has 4 bridgehead atoms. The van der Waals surface area contributed by atoms with Crippen LogP contribution in [0.25, 0.3) is 0 Å². The summed E-state index contributed by atoms with van der Waals surface area (Å²) in [5, 5.41) is 18.5. The lowest BCUT2D eigenvalue weighted by molar-refractivity contribution is -0.181.